The molecule has 1 N–H and O–H groups in total. The molecular weight excluding hydrogens is 476 g/mol. The Bertz CT molecular complexity index is 1340. The molecule has 1 saturated carbocycles. The number of carbonyl (C=O) groups excluding carboxylic acids is 1. The van der Waals surface area contributed by atoms with Crippen LogP contribution >= 0.6 is 0 Å². The number of amides is 2. The van der Waals surface area contributed by atoms with Crippen molar-refractivity contribution >= 4 is 6.03 Å². The standard InChI is InChI=1S/C31H36N4O3/c36-28-20-26(24-10-3-1-4-11-24)32-23-34(28)22-31(38)17-19-33(21-30(31)15-7-8-16-30)29(37)35-18-9-14-27(35)25-12-5-2-6-13-25/h1-6,10-13,20,23,27,38H,7-9,14-19,21-22H2/t27-,31+/m0/s1. The first kappa shape index (κ1) is 24.9. The molecule has 3 aliphatic rings. The number of carbonyl (C=O) groups is 1. The molecule has 2 saturated heterocycles. The summed E-state index contributed by atoms with van der Waals surface area (Å²) in [6.45, 7) is 1.98. The highest BCUT2D eigenvalue weighted by atomic mass is 16.3. The van der Waals surface area contributed by atoms with Crippen LogP contribution in [0.4, 0.5) is 4.79 Å². The van der Waals surface area contributed by atoms with E-state index in [0.29, 0.717) is 25.2 Å². The third kappa shape index (κ3) is 4.43. The largest absolute Gasteiger partial charge is 0.387 e. The summed E-state index contributed by atoms with van der Waals surface area (Å²) >= 11 is 0. The van der Waals surface area contributed by atoms with Gasteiger partial charge in [-0.15, -0.1) is 0 Å². The normalized spacial score (nSPS) is 24.7. The summed E-state index contributed by atoms with van der Waals surface area (Å²) in [4.78, 5) is 35.4. The van der Waals surface area contributed by atoms with E-state index in [4.69, 9.17) is 0 Å². The molecule has 0 unspecified atom stereocenters. The minimum absolute atomic E-state index is 0.0794. The molecule has 2 amide bonds. The Morgan fingerprint density at radius 1 is 0.947 bits per heavy atom. The maximum Gasteiger partial charge on any atom is 0.320 e. The second-order valence-corrected chi connectivity index (χ2v) is 11.3. The van der Waals surface area contributed by atoms with Crippen molar-refractivity contribution in [3.63, 3.8) is 0 Å². The third-order valence-corrected chi connectivity index (χ3v) is 9.17. The Kier molecular flexibility index (Phi) is 6.56. The van der Waals surface area contributed by atoms with Crippen LogP contribution in [0.1, 0.15) is 56.6 Å². The van der Waals surface area contributed by atoms with Gasteiger partial charge in [-0.1, -0.05) is 73.5 Å². The monoisotopic (exact) mass is 512 g/mol. The lowest BCUT2D eigenvalue weighted by molar-refractivity contribution is -0.136. The Morgan fingerprint density at radius 2 is 1.66 bits per heavy atom. The first-order chi connectivity index (χ1) is 18.5. The van der Waals surface area contributed by atoms with E-state index in [0.717, 1.165) is 50.6 Å². The SMILES string of the molecule is O=C(N1CC[C@@](O)(Cn2cnc(-c3ccccc3)cc2=O)C2(CCCC2)C1)N1CCC[C@H]1c1ccccc1. The van der Waals surface area contributed by atoms with Crippen LogP contribution in [-0.2, 0) is 6.54 Å². The van der Waals surface area contributed by atoms with Crippen molar-refractivity contribution in [3.8, 4) is 11.3 Å². The van der Waals surface area contributed by atoms with Crippen molar-refractivity contribution in [2.24, 2.45) is 5.41 Å². The van der Waals surface area contributed by atoms with Crippen LogP contribution in [0.15, 0.2) is 77.9 Å². The van der Waals surface area contributed by atoms with Gasteiger partial charge in [-0.25, -0.2) is 9.78 Å². The Hall–Kier alpha value is -3.45. The summed E-state index contributed by atoms with van der Waals surface area (Å²) in [5.74, 6) is 0. The third-order valence-electron chi connectivity index (χ3n) is 9.17. The summed E-state index contributed by atoms with van der Waals surface area (Å²) in [5.41, 5.74) is 1.07. The summed E-state index contributed by atoms with van der Waals surface area (Å²) in [6, 6.07) is 21.7. The van der Waals surface area contributed by atoms with Crippen LogP contribution < -0.4 is 5.56 Å². The number of urea groups is 1. The van der Waals surface area contributed by atoms with E-state index in [2.05, 4.69) is 17.1 Å². The lowest BCUT2D eigenvalue weighted by Crippen LogP contribution is -2.63. The van der Waals surface area contributed by atoms with Gasteiger partial charge in [0.1, 0.15) is 0 Å². The maximum absolute atomic E-state index is 13.8. The lowest BCUT2D eigenvalue weighted by atomic mass is 9.66. The Morgan fingerprint density at radius 3 is 2.37 bits per heavy atom. The molecule has 1 aliphatic carbocycles. The smallest absolute Gasteiger partial charge is 0.320 e. The number of nitrogens with zero attached hydrogens (tertiary/aromatic N) is 4. The molecule has 198 valence electrons. The van der Waals surface area contributed by atoms with Gasteiger partial charge in [0.25, 0.3) is 5.56 Å². The summed E-state index contributed by atoms with van der Waals surface area (Å²) in [6.07, 6.45) is 7.78. The van der Waals surface area contributed by atoms with Crippen molar-refractivity contribution in [2.45, 2.75) is 63.1 Å². The minimum atomic E-state index is -1.07. The fourth-order valence-electron chi connectivity index (χ4n) is 7.05. The van der Waals surface area contributed by atoms with Crippen molar-refractivity contribution in [1.82, 2.24) is 19.4 Å². The zero-order valence-corrected chi connectivity index (χ0v) is 21.8. The molecule has 2 aromatic carbocycles. The van der Waals surface area contributed by atoms with Gasteiger partial charge in [-0.2, -0.15) is 0 Å². The zero-order valence-electron chi connectivity index (χ0n) is 21.8. The predicted molar refractivity (Wildman–Crippen MR) is 146 cm³/mol. The summed E-state index contributed by atoms with van der Waals surface area (Å²) in [7, 11) is 0. The number of hydrogen-bond acceptors (Lipinski definition) is 4. The average Bonchev–Trinajstić information content (AvgIpc) is 3.63. The Balaban J connectivity index is 1.22. The van der Waals surface area contributed by atoms with Gasteiger partial charge in [0.05, 0.1) is 30.2 Å². The number of rotatable bonds is 4. The van der Waals surface area contributed by atoms with E-state index in [-0.39, 0.29) is 24.2 Å². The number of benzene rings is 2. The van der Waals surface area contributed by atoms with Crippen molar-refractivity contribution in [2.75, 3.05) is 19.6 Å². The number of likely N-dealkylation sites (tertiary alicyclic amines) is 2. The quantitative estimate of drug-likeness (QED) is 0.541. The average molecular weight is 513 g/mol. The number of piperidine rings is 1. The second-order valence-electron chi connectivity index (χ2n) is 11.3. The molecular formula is C31H36N4O3. The van der Waals surface area contributed by atoms with Gasteiger partial charge in [0.2, 0.25) is 0 Å². The summed E-state index contributed by atoms with van der Waals surface area (Å²) in [5, 5.41) is 12.1. The molecule has 1 aromatic heterocycles. The lowest BCUT2D eigenvalue weighted by Gasteiger charge is -2.53. The highest BCUT2D eigenvalue weighted by Gasteiger charge is 2.56. The van der Waals surface area contributed by atoms with Crippen LogP contribution in [0.2, 0.25) is 0 Å². The summed E-state index contributed by atoms with van der Waals surface area (Å²) < 4.78 is 1.55. The van der Waals surface area contributed by atoms with Gasteiger partial charge in [-0.05, 0) is 37.7 Å². The molecule has 0 radical (unpaired) electrons. The van der Waals surface area contributed by atoms with E-state index in [1.807, 2.05) is 58.3 Å². The van der Waals surface area contributed by atoms with E-state index >= 15 is 0 Å². The molecule has 6 rings (SSSR count). The Labute approximate surface area is 223 Å². The van der Waals surface area contributed by atoms with Crippen molar-refractivity contribution < 1.29 is 9.90 Å². The minimum Gasteiger partial charge on any atom is -0.387 e. The molecule has 7 nitrogen and oxygen atoms in total. The predicted octanol–water partition coefficient (Wildman–Crippen LogP) is 4.86. The molecule has 3 aromatic rings. The van der Waals surface area contributed by atoms with Gasteiger partial charge >= 0.3 is 6.03 Å². The van der Waals surface area contributed by atoms with E-state index in [1.54, 1.807) is 17.0 Å². The van der Waals surface area contributed by atoms with Crippen molar-refractivity contribution in [3.05, 3.63) is 89.0 Å². The van der Waals surface area contributed by atoms with Crippen molar-refractivity contribution in [1.29, 1.82) is 0 Å². The van der Waals surface area contributed by atoms with E-state index in [1.165, 1.54) is 5.56 Å². The molecule has 7 heteroatoms. The molecule has 1 spiro atoms. The fraction of sp³-hybridized carbons (Fsp3) is 0.452. The fourth-order valence-corrected chi connectivity index (χ4v) is 7.05. The first-order valence-electron chi connectivity index (χ1n) is 13.9. The molecule has 38 heavy (non-hydrogen) atoms. The van der Waals surface area contributed by atoms with E-state index in [9.17, 15) is 14.7 Å². The number of hydrogen-bond donors (Lipinski definition) is 1. The van der Waals surface area contributed by atoms with E-state index < -0.39 is 11.0 Å². The van der Waals surface area contributed by atoms with Crippen LogP contribution in [0.5, 0.6) is 0 Å². The first-order valence-corrected chi connectivity index (χ1v) is 13.9. The molecule has 3 fully saturated rings. The molecule has 2 aliphatic heterocycles. The number of aliphatic hydroxyl groups is 1. The van der Waals surface area contributed by atoms with Gasteiger partial charge in [0, 0.05) is 36.7 Å². The van der Waals surface area contributed by atoms with Gasteiger partial charge in [-0.3, -0.25) is 9.36 Å². The van der Waals surface area contributed by atoms with Crippen LogP contribution in [0.3, 0.4) is 0 Å². The second kappa shape index (κ2) is 10.0. The topological polar surface area (TPSA) is 78.7 Å². The van der Waals surface area contributed by atoms with Gasteiger partial charge < -0.3 is 14.9 Å². The van der Waals surface area contributed by atoms with Crippen LogP contribution in [0.25, 0.3) is 11.3 Å². The number of aromatic nitrogens is 2. The molecule has 0 bridgehead atoms. The molecule has 3 heterocycles. The van der Waals surface area contributed by atoms with Crippen LogP contribution in [0, 0.1) is 5.41 Å². The highest BCUT2D eigenvalue weighted by Crippen LogP contribution is 2.52. The van der Waals surface area contributed by atoms with Crippen LogP contribution in [-0.4, -0.2) is 55.7 Å². The highest BCUT2D eigenvalue weighted by molar-refractivity contribution is 5.75. The van der Waals surface area contributed by atoms with Gasteiger partial charge in [0.15, 0.2) is 0 Å². The zero-order chi connectivity index (χ0) is 26.2. The maximum atomic E-state index is 13.8. The molecule has 2 atom stereocenters.